The smallest absolute Gasteiger partial charge is 0.213 e. The maximum atomic E-state index is 9.36. The molecule has 2 aromatic carbocycles. The Morgan fingerprint density at radius 1 is 1.07 bits per heavy atom. The average molecular weight is 389 g/mol. The molecule has 29 heavy (non-hydrogen) atoms. The third kappa shape index (κ3) is 4.77. The van der Waals surface area contributed by atoms with Crippen molar-refractivity contribution in [2.75, 3.05) is 24.6 Å². The van der Waals surface area contributed by atoms with Crippen LogP contribution in [0.3, 0.4) is 0 Å². The van der Waals surface area contributed by atoms with Crippen molar-refractivity contribution in [3.8, 4) is 17.0 Å². The maximum absolute atomic E-state index is 9.36. The molecular weight excluding hydrogens is 360 g/mol. The summed E-state index contributed by atoms with van der Waals surface area (Å²) in [4.78, 5) is 6.78. The fraction of sp³-hybridized carbons (Fsp3) is 0.320. The molecule has 4 rings (SSSR count). The van der Waals surface area contributed by atoms with Crippen LogP contribution >= 0.6 is 0 Å². The predicted molar refractivity (Wildman–Crippen MR) is 118 cm³/mol. The van der Waals surface area contributed by atoms with E-state index in [0.29, 0.717) is 5.88 Å². The highest BCUT2D eigenvalue weighted by atomic mass is 16.5. The third-order valence-electron chi connectivity index (χ3n) is 5.45. The van der Waals surface area contributed by atoms with Crippen molar-refractivity contribution >= 4 is 5.69 Å². The molecule has 0 saturated carbocycles. The van der Waals surface area contributed by atoms with E-state index >= 15 is 0 Å². The first-order valence-corrected chi connectivity index (χ1v) is 10.4. The minimum absolute atomic E-state index is 0.143. The Bertz CT molecular complexity index is 925. The average Bonchev–Trinajstić information content (AvgIpc) is 3.22. The number of aryl methyl sites for hydroxylation is 2. The van der Waals surface area contributed by atoms with Crippen LogP contribution in [0.4, 0.5) is 5.69 Å². The summed E-state index contributed by atoms with van der Waals surface area (Å²) in [5, 5.41) is 9.36. The number of aromatic nitrogens is 1. The molecule has 0 unspecified atom stereocenters. The van der Waals surface area contributed by atoms with Gasteiger partial charge in [0.05, 0.1) is 6.54 Å². The van der Waals surface area contributed by atoms with Gasteiger partial charge in [-0.3, -0.25) is 0 Å². The minimum atomic E-state index is 0.143. The van der Waals surface area contributed by atoms with Gasteiger partial charge < -0.3 is 14.7 Å². The molecule has 0 amide bonds. The van der Waals surface area contributed by atoms with E-state index < -0.39 is 0 Å². The van der Waals surface area contributed by atoms with E-state index in [9.17, 15) is 5.11 Å². The Balaban J connectivity index is 1.51. The Kier molecular flexibility index (Phi) is 6.11. The lowest BCUT2D eigenvalue weighted by atomic mass is 9.99. The first-order chi connectivity index (χ1) is 14.2. The summed E-state index contributed by atoms with van der Waals surface area (Å²) in [7, 11) is 0. The standard InChI is InChI=1S/C25H28N2O2/c1-19-9-12-25(26-17-19)29-23-13-14-27(18-23)24-11-10-21(16-22(24)8-5-15-28)20-6-3-2-4-7-20/h2-4,6-7,9-12,16-17,23,28H,5,8,13-15,18H2,1H3/t23-/m0/s1. The highest BCUT2D eigenvalue weighted by molar-refractivity contribution is 5.69. The van der Waals surface area contributed by atoms with Crippen LogP contribution in [0.15, 0.2) is 66.9 Å². The highest BCUT2D eigenvalue weighted by Gasteiger charge is 2.26. The van der Waals surface area contributed by atoms with Crippen LogP contribution in [-0.2, 0) is 6.42 Å². The molecule has 1 saturated heterocycles. The molecule has 2 heterocycles. The molecular formula is C25H28N2O2. The Morgan fingerprint density at radius 2 is 1.93 bits per heavy atom. The number of hydrogen-bond donors (Lipinski definition) is 1. The van der Waals surface area contributed by atoms with Gasteiger partial charge in [-0.1, -0.05) is 42.5 Å². The third-order valence-corrected chi connectivity index (χ3v) is 5.45. The zero-order valence-electron chi connectivity index (χ0n) is 16.9. The van der Waals surface area contributed by atoms with E-state index in [1.807, 2.05) is 31.3 Å². The summed E-state index contributed by atoms with van der Waals surface area (Å²) in [6, 6.07) is 21.1. The number of ether oxygens (including phenoxy) is 1. The molecule has 0 radical (unpaired) electrons. The number of hydrogen-bond acceptors (Lipinski definition) is 4. The first-order valence-electron chi connectivity index (χ1n) is 10.4. The van der Waals surface area contributed by atoms with Crippen molar-refractivity contribution in [2.45, 2.75) is 32.3 Å². The van der Waals surface area contributed by atoms with Gasteiger partial charge in [-0.25, -0.2) is 4.98 Å². The topological polar surface area (TPSA) is 45.6 Å². The summed E-state index contributed by atoms with van der Waals surface area (Å²) in [5.41, 5.74) is 6.11. The fourth-order valence-electron chi connectivity index (χ4n) is 3.91. The van der Waals surface area contributed by atoms with Crippen LogP contribution < -0.4 is 9.64 Å². The number of nitrogens with zero attached hydrogens (tertiary/aromatic N) is 2. The molecule has 150 valence electrons. The van der Waals surface area contributed by atoms with Crippen molar-refractivity contribution in [3.05, 3.63) is 78.0 Å². The molecule has 3 aromatic rings. The summed E-state index contributed by atoms with van der Waals surface area (Å²) in [5.74, 6) is 0.697. The molecule has 4 nitrogen and oxygen atoms in total. The molecule has 1 aromatic heterocycles. The predicted octanol–water partition coefficient (Wildman–Crippen LogP) is 4.64. The zero-order valence-corrected chi connectivity index (χ0v) is 16.9. The lowest BCUT2D eigenvalue weighted by molar-refractivity contribution is 0.216. The molecule has 1 atom stereocenters. The number of aliphatic hydroxyl groups excluding tert-OH is 1. The number of benzene rings is 2. The quantitative estimate of drug-likeness (QED) is 0.640. The molecule has 0 aliphatic carbocycles. The van der Waals surface area contributed by atoms with Gasteiger partial charge >= 0.3 is 0 Å². The lowest BCUT2D eigenvalue weighted by Crippen LogP contribution is -2.25. The number of aliphatic hydroxyl groups is 1. The van der Waals surface area contributed by atoms with Crippen molar-refractivity contribution in [2.24, 2.45) is 0 Å². The van der Waals surface area contributed by atoms with Gasteiger partial charge in [-0.15, -0.1) is 0 Å². The van der Waals surface area contributed by atoms with Gasteiger partial charge in [-0.05, 0) is 54.2 Å². The fourth-order valence-corrected chi connectivity index (χ4v) is 3.91. The van der Waals surface area contributed by atoms with E-state index in [1.54, 1.807) is 0 Å². The van der Waals surface area contributed by atoms with Crippen LogP contribution in [0.1, 0.15) is 24.0 Å². The maximum Gasteiger partial charge on any atom is 0.213 e. The number of pyridine rings is 1. The van der Waals surface area contributed by atoms with Crippen molar-refractivity contribution in [1.82, 2.24) is 4.98 Å². The van der Waals surface area contributed by atoms with E-state index in [2.05, 4.69) is 52.3 Å². The zero-order chi connectivity index (χ0) is 20.1. The second kappa shape index (κ2) is 9.10. The second-order valence-electron chi connectivity index (χ2n) is 7.69. The normalized spacial score (nSPS) is 16.2. The van der Waals surface area contributed by atoms with Gasteiger partial charge in [0.1, 0.15) is 6.10 Å². The van der Waals surface area contributed by atoms with E-state index in [-0.39, 0.29) is 12.7 Å². The van der Waals surface area contributed by atoms with Gasteiger partial charge in [-0.2, -0.15) is 0 Å². The SMILES string of the molecule is Cc1ccc(O[C@H]2CCN(c3ccc(-c4ccccc4)cc3CCCO)C2)nc1. The van der Waals surface area contributed by atoms with Crippen LogP contribution in [0.25, 0.3) is 11.1 Å². The van der Waals surface area contributed by atoms with Crippen molar-refractivity contribution in [1.29, 1.82) is 0 Å². The van der Waals surface area contributed by atoms with Crippen LogP contribution in [0, 0.1) is 6.92 Å². The summed E-state index contributed by atoms with van der Waals surface area (Å²) < 4.78 is 6.10. The van der Waals surface area contributed by atoms with Gasteiger partial charge in [0, 0.05) is 37.5 Å². The van der Waals surface area contributed by atoms with Crippen LogP contribution in [0.5, 0.6) is 5.88 Å². The molecule has 1 aliphatic rings. The van der Waals surface area contributed by atoms with E-state index in [0.717, 1.165) is 37.9 Å². The summed E-state index contributed by atoms with van der Waals surface area (Å²) >= 11 is 0. The van der Waals surface area contributed by atoms with Crippen LogP contribution in [0.2, 0.25) is 0 Å². The minimum Gasteiger partial charge on any atom is -0.472 e. The molecule has 4 heteroatoms. The molecule has 0 spiro atoms. The number of rotatable bonds is 7. The molecule has 1 fully saturated rings. The van der Waals surface area contributed by atoms with Crippen molar-refractivity contribution in [3.63, 3.8) is 0 Å². The summed E-state index contributed by atoms with van der Waals surface area (Å²) in [6.45, 7) is 4.06. The lowest BCUT2D eigenvalue weighted by Gasteiger charge is -2.23. The molecule has 1 N–H and O–H groups in total. The summed E-state index contributed by atoms with van der Waals surface area (Å²) in [6.07, 6.45) is 4.61. The van der Waals surface area contributed by atoms with E-state index in [1.165, 1.54) is 22.4 Å². The van der Waals surface area contributed by atoms with Gasteiger partial charge in [0.15, 0.2) is 0 Å². The Labute approximate surface area is 172 Å². The van der Waals surface area contributed by atoms with Gasteiger partial charge in [0.2, 0.25) is 5.88 Å². The number of anilines is 1. The highest BCUT2D eigenvalue weighted by Crippen LogP contribution is 2.31. The largest absolute Gasteiger partial charge is 0.472 e. The van der Waals surface area contributed by atoms with Crippen molar-refractivity contribution < 1.29 is 9.84 Å². The second-order valence-corrected chi connectivity index (χ2v) is 7.69. The van der Waals surface area contributed by atoms with Gasteiger partial charge in [0.25, 0.3) is 0 Å². The van der Waals surface area contributed by atoms with E-state index in [4.69, 9.17) is 4.74 Å². The Hall–Kier alpha value is -2.85. The first kappa shape index (κ1) is 19.5. The van der Waals surface area contributed by atoms with Crippen LogP contribution in [-0.4, -0.2) is 35.9 Å². The Morgan fingerprint density at radius 3 is 2.69 bits per heavy atom. The molecule has 1 aliphatic heterocycles. The monoisotopic (exact) mass is 388 g/mol. The molecule has 0 bridgehead atoms.